The van der Waals surface area contributed by atoms with Crippen molar-refractivity contribution in [2.75, 3.05) is 18.4 Å². The molecule has 208 valence electrons. The molecule has 0 bridgehead atoms. The van der Waals surface area contributed by atoms with Crippen molar-refractivity contribution in [1.82, 2.24) is 15.2 Å². The number of carbonyl (C=O) groups excluding carboxylic acids is 2. The number of nitrogens with one attached hydrogen (secondary N) is 2. The molecular weight excluding hydrogens is 579 g/mol. The molecule has 9 nitrogen and oxygen atoms in total. The summed E-state index contributed by atoms with van der Waals surface area (Å²) in [5, 5.41) is 25.6. The molecule has 4 N–H and O–H groups in total. The fourth-order valence-corrected chi connectivity index (χ4v) is 5.62. The second-order valence-electron chi connectivity index (χ2n) is 8.87. The summed E-state index contributed by atoms with van der Waals surface area (Å²) in [5.41, 5.74) is 0.495. The number of carbonyl (C=O) groups is 2. The summed E-state index contributed by atoms with van der Waals surface area (Å²) in [7, 11) is 0. The smallest absolute Gasteiger partial charge is 0.264 e. The van der Waals surface area contributed by atoms with Crippen LogP contribution in [0.4, 0.5) is 10.1 Å². The lowest BCUT2D eigenvalue weighted by Crippen LogP contribution is -2.32. The van der Waals surface area contributed by atoms with Gasteiger partial charge >= 0.3 is 0 Å². The van der Waals surface area contributed by atoms with Crippen molar-refractivity contribution in [3.63, 3.8) is 0 Å². The molecule has 1 fully saturated rings. The highest BCUT2D eigenvalue weighted by Crippen LogP contribution is 2.43. The minimum atomic E-state index is -0.860. The van der Waals surface area contributed by atoms with Crippen molar-refractivity contribution in [2.24, 2.45) is 0 Å². The Hall–Kier alpha value is -4.00. The van der Waals surface area contributed by atoms with E-state index >= 15 is 4.39 Å². The third-order valence-corrected chi connectivity index (χ3v) is 7.42. The molecule has 1 aliphatic rings. The Kier molecular flexibility index (Phi) is 8.72. The monoisotopic (exact) mass is 602 g/mol. The Balaban J connectivity index is 0.00000370. The maximum absolute atomic E-state index is 16.1. The summed E-state index contributed by atoms with van der Waals surface area (Å²) >= 11 is 6.35. The molecule has 0 unspecified atom stereocenters. The van der Waals surface area contributed by atoms with Crippen LogP contribution in [-0.4, -0.2) is 50.1 Å². The molecule has 1 saturated heterocycles. The molecule has 1 aliphatic heterocycles. The first-order valence-corrected chi connectivity index (χ1v) is 13.2. The minimum absolute atomic E-state index is 0. The minimum Gasteiger partial charge on any atom is -0.508 e. The maximum Gasteiger partial charge on any atom is 0.264 e. The van der Waals surface area contributed by atoms with Crippen molar-refractivity contribution in [3.05, 3.63) is 59.4 Å². The standard InChI is InChI=1S/C27H23FN4O5S2.ClH/c1-14(33)30-27(38)31-17-5-7-20(24(28)23(17)16-12-15(34)4-6-19(16)35)37-21-8-9-29-18-13-22(39-25(18)21)26(36)32-10-2-3-11-32;/h4-9,12-13,34-35H,2-3,10-11H2,1H3,(H2,30,31,33,38);1H. The van der Waals surface area contributed by atoms with E-state index in [0.717, 1.165) is 12.8 Å². The third-order valence-electron chi connectivity index (χ3n) is 6.09. The number of halogens is 2. The van der Waals surface area contributed by atoms with Crippen LogP contribution < -0.4 is 15.4 Å². The number of hydrogen-bond donors (Lipinski definition) is 4. The van der Waals surface area contributed by atoms with Crippen molar-refractivity contribution in [3.8, 4) is 34.1 Å². The maximum atomic E-state index is 16.1. The van der Waals surface area contributed by atoms with Crippen LogP contribution in [0, 0.1) is 5.82 Å². The second-order valence-corrected chi connectivity index (χ2v) is 10.3. The van der Waals surface area contributed by atoms with Crippen LogP contribution in [0.25, 0.3) is 21.3 Å². The summed E-state index contributed by atoms with van der Waals surface area (Å²) in [6.07, 6.45) is 3.45. The van der Waals surface area contributed by atoms with Crippen molar-refractivity contribution in [2.45, 2.75) is 19.8 Å². The Morgan fingerprint density at radius 2 is 1.85 bits per heavy atom. The number of amides is 2. The van der Waals surface area contributed by atoms with Gasteiger partial charge in [-0.1, -0.05) is 0 Å². The van der Waals surface area contributed by atoms with E-state index in [2.05, 4.69) is 15.6 Å². The Bertz CT molecular complexity index is 1620. The number of thiophene rings is 1. The average molecular weight is 603 g/mol. The molecular formula is C27H24ClFN4O5S2. The Labute approximate surface area is 244 Å². The van der Waals surface area contributed by atoms with E-state index in [4.69, 9.17) is 17.0 Å². The number of pyridine rings is 1. The van der Waals surface area contributed by atoms with Gasteiger partial charge in [-0.25, -0.2) is 4.39 Å². The van der Waals surface area contributed by atoms with Crippen molar-refractivity contribution < 1.29 is 28.9 Å². The summed E-state index contributed by atoms with van der Waals surface area (Å²) in [6, 6.07) is 9.81. The number of thiocarbonyl (C=S) groups is 1. The first-order valence-electron chi connectivity index (χ1n) is 12.0. The van der Waals surface area contributed by atoms with Crippen LogP contribution in [0.5, 0.6) is 23.0 Å². The van der Waals surface area contributed by atoms with Gasteiger partial charge in [0.15, 0.2) is 16.7 Å². The zero-order valence-corrected chi connectivity index (χ0v) is 23.5. The van der Waals surface area contributed by atoms with Gasteiger partial charge in [-0.05, 0) is 61.5 Å². The zero-order valence-electron chi connectivity index (χ0n) is 21.1. The number of ether oxygens (including phenoxy) is 1. The number of aromatic hydroxyl groups is 2. The number of likely N-dealkylation sites (tertiary alicyclic amines) is 1. The third kappa shape index (κ3) is 5.93. The molecule has 3 heterocycles. The predicted octanol–water partition coefficient (Wildman–Crippen LogP) is 5.80. The second kappa shape index (κ2) is 12.0. The van der Waals surface area contributed by atoms with Crippen LogP contribution >= 0.6 is 36.0 Å². The Morgan fingerprint density at radius 3 is 2.58 bits per heavy atom. The lowest BCUT2D eigenvalue weighted by Gasteiger charge is -2.17. The normalized spacial score (nSPS) is 12.6. The molecule has 2 amide bonds. The lowest BCUT2D eigenvalue weighted by molar-refractivity contribution is -0.117. The van der Waals surface area contributed by atoms with E-state index in [1.54, 1.807) is 17.0 Å². The number of phenols is 2. The molecule has 0 spiro atoms. The van der Waals surface area contributed by atoms with E-state index in [0.29, 0.717) is 33.9 Å². The van der Waals surface area contributed by atoms with Crippen LogP contribution in [0.2, 0.25) is 0 Å². The van der Waals surface area contributed by atoms with Gasteiger partial charge in [-0.3, -0.25) is 14.6 Å². The highest BCUT2D eigenvalue weighted by Gasteiger charge is 2.24. The first kappa shape index (κ1) is 29.0. The highest BCUT2D eigenvalue weighted by molar-refractivity contribution is 7.80. The van der Waals surface area contributed by atoms with E-state index in [-0.39, 0.29) is 57.5 Å². The molecule has 0 atom stereocenters. The van der Waals surface area contributed by atoms with Gasteiger partial charge in [0.25, 0.3) is 5.91 Å². The topological polar surface area (TPSA) is 124 Å². The largest absolute Gasteiger partial charge is 0.508 e. The molecule has 0 saturated carbocycles. The number of phenolic OH excluding ortho intramolecular Hbond substituents is 2. The van der Waals surface area contributed by atoms with Gasteiger partial charge < -0.3 is 30.5 Å². The summed E-state index contributed by atoms with van der Waals surface area (Å²) in [4.78, 5) is 31.0. The van der Waals surface area contributed by atoms with Crippen LogP contribution in [-0.2, 0) is 4.79 Å². The van der Waals surface area contributed by atoms with E-state index in [9.17, 15) is 19.8 Å². The number of aromatic nitrogens is 1. The number of benzene rings is 2. The molecule has 13 heteroatoms. The molecule has 4 aromatic rings. The molecule has 0 aliphatic carbocycles. The van der Waals surface area contributed by atoms with Crippen LogP contribution in [0.3, 0.4) is 0 Å². The van der Waals surface area contributed by atoms with Gasteiger partial charge in [0.1, 0.15) is 17.2 Å². The number of anilines is 1. The van der Waals surface area contributed by atoms with Crippen molar-refractivity contribution in [1.29, 1.82) is 0 Å². The van der Waals surface area contributed by atoms with Gasteiger partial charge in [0.05, 0.1) is 20.8 Å². The summed E-state index contributed by atoms with van der Waals surface area (Å²) in [6.45, 7) is 2.70. The van der Waals surface area contributed by atoms with E-state index in [1.807, 2.05) is 0 Å². The number of hydrogen-bond acceptors (Lipinski definition) is 8. The molecule has 0 radical (unpaired) electrons. The SMILES string of the molecule is CC(=O)NC(=S)Nc1ccc(Oc2ccnc3cc(C(=O)N4CCCC4)sc23)c(F)c1-c1cc(O)ccc1O.Cl. The van der Waals surface area contributed by atoms with E-state index in [1.165, 1.54) is 54.8 Å². The highest BCUT2D eigenvalue weighted by atomic mass is 35.5. The summed E-state index contributed by atoms with van der Waals surface area (Å²) < 4.78 is 22.7. The fraction of sp³-hybridized carbons (Fsp3) is 0.185. The van der Waals surface area contributed by atoms with Gasteiger partial charge in [0, 0.05) is 43.4 Å². The van der Waals surface area contributed by atoms with Crippen LogP contribution in [0.1, 0.15) is 29.4 Å². The Morgan fingerprint density at radius 1 is 1.10 bits per heavy atom. The molecule has 2 aromatic carbocycles. The quantitative estimate of drug-likeness (QED) is 0.167. The number of rotatable bonds is 5. The van der Waals surface area contributed by atoms with Gasteiger partial charge in [-0.15, -0.1) is 23.7 Å². The zero-order chi connectivity index (χ0) is 27.7. The summed E-state index contributed by atoms with van der Waals surface area (Å²) in [5.74, 6) is -1.74. The average Bonchev–Trinajstić information content (AvgIpc) is 3.58. The molecule has 5 rings (SSSR count). The van der Waals surface area contributed by atoms with Crippen LogP contribution in [0.15, 0.2) is 48.7 Å². The van der Waals surface area contributed by atoms with Gasteiger partial charge in [-0.2, -0.15) is 0 Å². The fourth-order valence-electron chi connectivity index (χ4n) is 4.34. The first-order chi connectivity index (χ1) is 18.7. The van der Waals surface area contributed by atoms with Crippen molar-refractivity contribution >= 4 is 68.8 Å². The van der Waals surface area contributed by atoms with Gasteiger partial charge in [0.2, 0.25) is 5.91 Å². The number of nitrogens with zero attached hydrogens (tertiary/aromatic N) is 2. The predicted molar refractivity (Wildman–Crippen MR) is 157 cm³/mol. The van der Waals surface area contributed by atoms with E-state index < -0.39 is 11.7 Å². The lowest BCUT2D eigenvalue weighted by atomic mass is 10.0. The molecule has 2 aromatic heterocycles. The number of fused-ring (bicyclic) bond motifs is 1. The molecule has 40 heavy (non-hydrogen) atoms.